The van der Waals surface area contributed by atoms with Gasteiger partial charge < -0.3 is 20.4 Å². The molecule has 2 fully saturated rings. The molecule has 1 aromatic rings. The lowest BCUT2D eigenvalue weighted by atomic mass is 9.95. The van der Waals surface area contributed by atoms with Crippen LogP contribution >= 0.6 is 11.6 Å². The number of hydrogen-bond acceptors (Lipinski definition) is 4. The van der Waals surface area contributed by atoms with Crippen molar-refractivity contribution >= 4 is 23.4 Å². The molecule has 0 spiro atoms. The maximum Gasteiger partial charge on any atom is 0.251 e. The Kier molecular flexibility index (Phi) is 12.0. The molecule has 3 aliphatic rings. The van der Waals surface area contributed by atoms with E-state index < -0.39 is 0 Å². The first-order valence-corrected chi connectivity index (χ1v) is 15.5. The van der Waals surface area contributed by atoms with Crippen molar-refractivity contribution in [1.82, 2.24) is 20.4 Å². The SMILES string of the molecule is C=C1/C=C\C(Cl)=C/C/C=C\C(C(=O)NC[C@@H]2CCN(C[C@@H](CC)c3ccccc3)C(=O)[C@H](CCN3CCCC3)N2)=C/1. The zero-order valence-electron chi connectivity index (χ0n) is 24.4. The molecule has 1 aliphatic carbocycles. The lowest BCUT2D eigenvalue weighted by Crippen LogP contribution is -2.50. The molecule has 0 saturated carbocycles. The van der Waals surface area contributed by atoms with Gasteiger partial charge in [-0.1, -0.05) is 79.7 Å². The highest BCUT2D eigenvalue weighted by Crippen LogP contribution is 2.23. The Hall–Kier alpha value is -2.93. The molecular formula is C34H45ClN4O2. The van der Waals surface area contributed by atoms with Gasteiger partial charge in [-0.15, -0.1) is 0 Å². The Labute approximate surface area is 250 Å². The van der Waals surface area contributed by atoms with E-state index >= 15 is 0 Å². The van der Waals surface area contributed by atoms with E-state index in [1.54, 1.807) is 12.2 Å². The Balaban J connectivity index is 1.43. The number of hydrogen-bond donors (Lipinski definition) is 2. The van der Waals surface area contributed by atoms with Gasteiger partial charge >= 0.3 is 0 Å². The smallest absolute Gasteiger partial charge is 0.251 e. The molecule has 0 bridgehead atoms. The fourth-order valence-electron chi connectivity index (χ4n) is 5.80. The number of allylic oxidation sites excluding steroid dienone is 7. The van der Waals surface area contributed by atoms with Crippen molar-refractivity contribution < 1.29 is 9.59 Å². The number of halogens is 1. The summed E-state index contributed by atoms with van der Waals surface area (Å²) >= 11 is 6.15. The summed E-state index contributed by atoms with van der Waals surface area (Å²) in [4.78, 5) is 31.6. The van der Waals surface area contributed by atoms with Crippen LogP contribution in [0.4, 0.5) is 0 Å². The van der Waals surface area contributed by atoms with Crippen LogP contribution in [0.5, 0.6) is 0 Å². The van der Waals surface area contributed by atoms with Crippen LogP contribution in [-0.4, -0.2) is 73.0 Å². The summed E-state index contributed by atoms with van der Waals surface area (Å²) in [5, 5.41) is 7.41. The van der Waals surface area contributed by atoms with Crippen molar-refractivity contribution in [2.45, 2.75) is 63.5 Å². The van der Waals surface area contributed by atoms with Gasteiger partial charge in [0.25, 0.3) is 5.91 Å². The second-order valence-corrected chi connectivity index (χ2v) is 11.7. The van der Waals surface area contributed by atoms with Crippen molar-refractivity contribution in [3.63, 3.8) is 0 Å². The summed E-state index contributed by atoms with van der Waals surface area (Å²) in [6.07, 6.45) is 16.7. The molecule has 3 atom stereocenters. The summed E-state index contributed by atoms with van der Waals surface area (Å²) < 4.78 is 0. The van der Waals surface area contributed by atoms with Crippen molar-refractivity contribution in [1.29, 1.82) is 0 Å². The third-order valence-corrected chi connectivity index (χ3v) is 8.53. The summed E-state index contributed by atoms with van der Waals surface area (Å²) in [6, 6.07) is 10.2. The highest BCUT2D eigenvalue weighted by Gasteiger charge is 2.32. The van der Waals surface area contributed by atoms with Gasteiger partial charge in [-0.3, -0.25) is 9.59 Å². The second kappa shape index (κ2) is 15.9. The summed E-state index contributed by atoms with van der Waals surface area (Å²) in [5.41, 5.74) is 2.53. The van der Waals surface area contributed by atoms with Gasteiger partial charge in [0.1, 0.15) is 0 Å². The number of rotatable bonds is 10. The zero-order valence-corrected chi connectivity index (χ0v) is 25.1. The van der Waals surface area contributed by atoms with Crippen LogP contribution in [0.1, 0.15) is 56.9 Å². The van der Waals surface area contributed by atoms with Crippen LogP contribution < -0.4 is 10.6 Å². The van der Waals surface area contributed by atoms with E-state index in [0.717, 1.165) is 38.9 Å². The average Bonchev–Trinajstić information content (AvgIpc) is 3.46. The maximum absolute atomic E-state index is 13.9. The number of amides is 2. The fourth-order valence-corrected chi connectivity index (χ4v) is 5.95. The normalized spacial score (nSPS) is 27.2. The number of nitrogens with one attached hydrogen (secondary N) is 2. The summed E-state index contributed by atoms with van der Waals surface area (Å²) in [6.45, 7) is 11.2. The van der Waals surface area contributed by atoms with Gasteiger partial charge in [0.2, 0.25) is 5.91 Å². The summed E-state index contributed by atoms with van der Waals surface area (Å²) in [7, 11) is 0. The van der Waals surface area contributed by atoms with Crippen LogP contribution in [0.25, 0.3) is 0 Å². The molecular weight excluding hydrogens is 532 g/mol. The Bertz CT molecular complexity index is 1170. The standard InChI is InChI=1S/C34H45ClN4O2/c1-3-27(28-11-5-4-6-12-28)25-39-22-17-31(37-32(34(39)41)18-21-38-19-9-10-20-38)24-36-33(40)29-13-7-8-14-30(35)16-15-26(2)23-29/h4-7,11-16,23,27,31-32,37H,2-3,8-10,17-22,24-25H2,1H3,(H,36,40)/b13-7-,16-15-,29-23+,30-14+/t27-,31+,32+/m1/s1. The second-order valence-electron chi connectivity index (χ2n) is 11.3. The van der Waals surface area contributed by atoms with Gasteiger partial charge in [-0.2, -0.15) is 0 Å². The molecule has 6 nitrogen and oxygen atoms in total. The average molecular weight is 577 g/mol. The molecule has 2 N–H and O–H groups in total. The molecule has 41 heavy (non-hydrogen) atoms. The van der Waals surface area contributed by atoms with Crippen molar-refractivity contribution in [2.24, 2.45) is 0 Å². The molecule has 2 amide bonds. The zero-order chi connectivity index (χ0) is 29.0. The van der Waals surface area contributed by atoms with Gasteiger partial charge in [-0.05, 0) is 74.9 Å². The van der Waals surface area contributed by atoms with Gasteiger partial charge in [-0.25, -0.2) is 0 Å². The van der Waals surface area contributed by atoms with Crippen molar-refractivity contribution in [2.75, 3.05) is 39.3 Å². The van der Waals surface area contributed by atoms with E-state index in [4.69, 9.17) is 11.6 Å². The van der Waals surface area contributed by atoms with E-state index in [2.05, 4.69) is 58.2 Å². The highest BCUT2D eigenvalue weighted by atomic mass is 35.5. The van der Waals surface area contributed by atoms with Gasteiger partial charge in [0.05, 0.1) is 6.04 Å². The maximum atomic E-state index is 13.9. The van der Waals surface area contributed by atoms with Crippen LogP contribution in [-0.2, 0) is 9.59 Å². The third-order valence-electron chi connectivity index (χ3n) is 8.25. The van der Waals surface area contributed by atoms with Crippen molar-refractivity contribution in [3.05, 3.63) is 95.1 Å². The minimum atomic E-state index is -0.262. The van der Waals surface area contributed by atoms with Gasteiger partial charge in [0.15, 0.2) is 0 Å². The van der Waals surface area contributed by atoms with Crippen LogP contribution in [0.3, 0.4) is 0 Å². The van der Waals surface area contributed by atoms with E-state index in [1.807, 2.05) is 30.4 Å². The molecule has 7 heteroatoms. The molecule has 0 aromatic heterocycles. The predicted molar refractivity (Wildman–Crippen MR) is 169 cm³/mol. The minimum Gasteiger partial charge on any atom is -0.350 e. The number of benzene rings is 1. The van der Waals surface area contributed by atoms with Crippen LogP contribution in [0.15, 0.2) is 89.5 Å². The van der Waals surface area contributed by atoms with E-state index in [0.29, 0.717) is 48.2 Å². The Morgan fingerprint density at radius 3 is 2.68 bits per heavy atom. The van der Waals surface area contributed by atoms with E-state index in [-0.39, 0.29) is 23.9 Å². The van der Waals surface area contributed by atoms with E-state index in [9.17, 15) is 9.59 Å². The predicted octanol–water partition coefficient (Wildman–Crippen LogP) is 5.46. The van der Waals surface area contributed by atoms with Gasteiger partial charge in [0, 0.05) is 48.7 Å². The molecule has 220 valence electrons. The molecule has 2 heterocycles. The topological polar surface area (TPSA) is 64.7 Å². The summed E-state index contributed by atoms with van der Waals surface area (Å²) in [5.74, 6) is 0.332. The number of carbonyl (C=O) groups excluding carboxylic acids is 2. The van der Waals surface area contributed by atoms with Crippen LogP contribution in [0, 0.1) is 0 Å². The number of likely N-dealkylation sites (tertiary alicyclic amines) is 1. The minimum absolute atomic E-state index is 0.00207. The molecule has 0 radical (unpaired) electrons. The molecule has 2 saturated heterocycles. The Morgan fingerprint density at radius 2 is 1.93 bits per heavy atom. The molecule has 1 aromatic carbocycles. The Morgan fingerprint density at radius 1 is 1.15 bits per heavy atom. The lowest BCUT2D eigenvalue weighted by molar-refractivity contribution is -0.133. The largest absolute Gasteiger partial charge is 0.350 e. The molecule has 0 unspecified atom stereocenters. The monoisotopic (exact) mass is 576 g/mol. The number of nitrogens with zero attached hydrogens (tertiary/aromatic N) is 2. The highest BCUT2D eigenvalue weighted by molar-refractivity contribution is 6.31. The number of carbonyl (C=O) groups is 2. The first-order chi connectivity index (χ1) is 19.9. The lowest BCUT2D eigenvalue weighted by Gasteiger charge is -2.29. The molecule has 2 aliphatic heterocycles. The fraction of sp³-hybridized carbons (Fsp3) is 0.471. The van der Waals surface area contributed by atoms with E-state index in [1.165, 1.54) is 18.4 Å². The quantitative estimate of drug-likeness (QED) is 0.388. The van der Waals surface area contributed by atoms with Crippen LogP contribution in [0.2, 0.25) is 0 Å². The third kappa shape index (κ3) is 9.56. The molecule has 4 rings (SSSR count). The van der Waals surface area contributed by atoms with Crippen molar-refractivity contribution in [3.8, 4) is 0 Å². The first-order valence-electron chi connectivity index (χ1n) is 15.1. The first kappa shape index (κ1) is 31.0.